The highest BCUT2D eigenvalue weighted by molar-refractivity contribution is 6.37. The van der Waals surface area contributed by atoms with Crippen LogP contribution in [0.1, 0.15) is 20.7 Å². The third-order valence-corrected chi connectivity index (χ3v) is 3.36. The second-order valence-electron chi connectivity index (χ2n) is 3.91. The van der Waals surface area contributed by atoms with Gasteiger partial charge < -0.3 is 0 Å². The molecule has 4 nitrogen and oxygen atoms in total. The number of nitrogens with one attached hydrogen (secondary N) is 1. The molecular weight excluding hydrogens is 358 g/mol. The molecule has 0 aliphatic rings. The molecule has 0 fully saturated rings. The van der Waals surface area contributed by atoms with Crippen LogP contribution >= 0.6 is 46.4 Å². The van der Waals surface area contributed by atoms with E-state index in [4.69, 9.17) is 46.4 Å². The van der Waals surface area contributed by atoms with E-state index in [9.17, 15) is 9.59 Å². The van der Waals surface area contributed by atoms with Crippen LogP contribution in [0.25, 0.3) is 0 Å². The summed E-state index contributed by atoms with van der Waals surface area (Å²) >= 11 is 23.0. The number of halogens is 4. The zero-order valence-corrected chi connectivity index (χ0v) is 13.2. The highest BCUT2D eigenvalue weighted by Crippen LogP contribution is 2.21. The lowest BCUT2D eigenvalue weighted by Gasteiger charge is -2.06. The lowest BCUT2D eigenvalue weighted by atomic mass is 10.2. The van der Waals surface area contributed by atoms with E-state index in [1.54, 1.807) is 0 Å². The Balaban J connectivity index is 2.20. The van der Waals surface area contributed by atoms with Crippen LogP contribution in [-0.2, 0) is 0 Å². The normalized spacial score (nSPS) is 10.3. The van der Waals surface area contributed by atoms with Crippen molar-refractivity contribution in [3.8, 4) is 0 Å². The molecule has 0 bridgehead atoms. The second-order valence-corrected chi connectivity index (χ2v) is 5.53. The number of nitrogens with zero attached hydrogens (tertiary/aromatic N) is 1. The average Bonchev–Trinajstić information content (AvgIpc) is 2.37. The monoisotopic (exact) mass is 362 g/mol. The average molecular weight is 364 g/mol. The summed E-state index contributed by atoms with van der Waals surface area (Å²) in [5, 5.41) is 2.79. The van der Waals surface area contributed by atoms with Crippen molar-refractivity contribution in [2.45, 2.75) is 0 Å². The Morgan fingerprint density at radius 3 is 2.10 bits per heavy atom. The van der Waals surface area contributed by atoms with Gasteiger partial charge >= 0.3 is 0 Å². The molecular formula is C13H6Cl4N2O2. The van der Waals surface area contributed by atoms with Crippen LogP contribution in [0, 0.1) is 0 Å². The summed E-state index contributed by atoms with van der Waals surface area (Å²) in [6.45, 7) is 0. The molecule has 0 radical (unpaired) electrons. The van der Waals surface area contributed by atoms with Gasteiger partial charge in [0.25, 0.3) is 11.8 Å². The Hall–Kier alpha value is -1.33. The zero-order valence-electron chi connectivity index (χ0n) is 10.2. The summed E-state index contributed by atoms with van der Waals surface area (Å²) in [7, 11) is 0. The topological polar surface area (TPSA) is 59.1 Å². The van der Waals surface area contributed by atoms with E-state index in [1.165, 1.54) is 30.3 Å². The Bertz CT molecular complexity index is 714. The van der Waals surface area contributed by atoms with Gasteiger partial charge in [0, 0.05) is 10.6 Å². The van der Waals surface area contributed by atoms with Crippen molar-refractivity contribution in [1.82, 2.24) is 10.3 Å². The molecule has 1 aromatic heterocycles. The first-order valence-electron chi connectivity index (χ1n) is 5.50. The first-order chi connectivity index (χ1) is 9.86. The number of imide groups is 1. The third-order valence-electron chi connectivity index (χ3n) is 2.43. The maximum atomic E-state index is 12.0. The molecule has 0 aliphatic carbocycles. The van der Waals surface area contributed by atoms with Gasteiger partial charge in [0.2, 0.25) is 0 Å². The molecule has 0 saturated carbocycles. The Morgan fingerprint density at radius 2 is 1.52 bits per heavy atom. The number of pyridine rings is 1. The predicted octanol–water partition coefficient (Wildman–Crippen LogP) is 4.27. The predicted molar refractivity (Wildman–Crippen MR) is 82.5 cm³/mol. The molecule has 0 atom stereocenters. The first-order valence-corrected chi connectivity index (χ1v) is 7.02. The van der Waals surface area contributed by atoms with Crippen LogP contribution in [0.2, 0.25) is 20.4 Å². The van der Waals surface area contributed by atoms with Gasteiger partial charge in [0.1, 0.15) is 10.3 Å². The molecule has 0 aliphatic heterocycles. The van der Waals surface area contributed by atoms with Gasteiger partial charge in [0.15, 0.2) is 0 Å². The SMILES string of the molecule is O=C(NC(=O)c1ccc(Cl)cc1Cl)c1cc(Cl)nc(Cl)c1. The van der Waals surface area contributed by atoms with Crippen LogP contribution in [-0.4, -0.2) is 16.8 Å². The lowest BCUT2D eigenvalue weighted by molar-refractivity contribution is 0.0849. The quantitative estimate of drug-likeness (QED) is 0.640. The molecule has 8 heteroatoms. The largest absolute Gasteiger partial charge is 0.288 e. The fourth-order valence-electron chi connectivity index (χ4n) is 1.51. The number of carbonyl (C=O) groups is 2. The van der Waals surface area contributed by atoms with E-state index in [2.05, 4.69) is 10.3 Å². The molecule has 0 unspecified atom stereocenters. The van der Waals surface area contributed by atoms with Gasteiger partial charge in [-0.25, -0.2) is 4.98 Å². The Labute approximate surface area is 140 Å². The molecule has 0 saturated heterocycles. The van der Waals surface area contributed by atoms with Gasteiger partial charge in [-0.2, -0.15) is 0 Å². The maximum absolute atomic E-state index is 12.0. The Kier molecular flexibility index (Phi) is 5.06. The number of rotatable bonds is 2. The maximum Gasteiger partial charge on any atom is 0.259 e. The summed E-state index contributed by atoms with van der Waals surface area (Å²) in [4.78, 5) is 27.7. The number of benzene rings is 1. The molecule has 2 rings (SSSR count). The summed E-state index contributed by atoms with van der Waals surface area (Å²) in [6.07, 6.45) is 0. The van der Waals surface area contributed by atoms with Gasteiger partial charge in [-0.05, 0) is 30.3 Å². The van der Waals surface area contributed by atoms with Crippen LogP contribution < -0.4 is 5.32 Å². The summed E-state index contributed by atoms with van der Waals surface area (Å²) in [6, 6.07) is 6.90. The van der Waals surface area contributed by atoms with E-state index >= 15 is 0 Å². The standard InChI is InChI=1S/C13H6Cl4N2O2/c14-7-1-2-8(9(15)5-7)13(21)19-12(20)6-3-10(16)18-11(17)4-6/h1-5H,(H,19,20,21). The number of carbonyl (C=O) groups excluding carboxylic acids is 2. The van der Waals surface area contributed by atoms with Crippen molar-refractivity contribution in [2.24, 2.45) is 0 Å². The first kappa shape index (κ1) is 16.0. The number of hydrogen-bond acceptors (Lipinski definition) is 3. The van der Waals surface area contributed by atoms with Crippen LogP contribution in [0.5, 0.6) is 0 Å². The van der Waals surface area contributed by atoms with Crippen molar-refractivity contribution in [1.29, 1.82) is 0 Å². The minimum Gasteiger partial charge on any atom is -0.288 e. The van der Waals surface area contributed by atoms with Crippen molar-refractivity contribution in [3.05, 3.63) is 61.8 Å². The van der Waals surface area contributed by atoms with E-state index < -0.39 is 11.8 Å². The minimum absolute atomic E-state index is 0.0459. The zero-order chi connectivity index (χ0) is 15.6. The van der Waals surface area contributed by atoms with Crippen LogP contribution in [0.3, 0.4) is 0 Å². The molecule has 0 spiro atoms. The van der Waals surface area contributed by atoms with Gasteiger partial charge in [-0.1, -0.05) is 46.4 Å². The van der Waals surface area contributed by atoms with Gasteiger partial charge in [-0.15, -0.1) is 0 Å². The summed E-state index contributed by atoms with van der Waals surface area (Å²) in [5.74, 6) is -1.33. The smallest absolute Gasteiger partial charge is 0.259 e. The van der Waals surface area contributed by atoms with Crippen LogP contribution in [0.15, 0.2) is 30.3 Å². The number of hydrogen-bond donors (Lipinski definition) is 1. The fraction of sp³-hybridized carbons (Fsp3) is 0. The van der Waals surface area contributed by atoms with E-state index in [0.717, 1.165) is 0 Å². The molecule has 1 heterocycles. The van der Waals surface area contributed by atoms with Crippen molar-refractivity contribution in [3.63, 3.8) is 0 Å². The van der Waals surface area contributed by atoms with E-state index in [1.807, 2.05) is 0 Å². The minimum atomic E-state index is -0.669. The van der Waals surface area contributed by atoms with E-state index in [0.29, 0.717) is 5.02 Å². The van der Waals surface area contributed by atoms with Crippen molar-refractivity contribution in [2.75, 3.05) is 0 Å². The van der Waals surface area contributed by atoms with Crippen molar-refractivity contribution < 1.29 is 9.59 Å². The van der Waals surface area contributed by atoms with Crippen molar-refractivity contribution >= 4 is 58.2 Å². The summed E-state index contributed by atoms with van der Waals surface area (Å²) < 4.78 is 0. The lowest BCUT2D eigenvalue weighted by Crippen LogP contribution is -2.30. The molecule has 21 heavy (non-hydrogen) atoms. The van der Waals surface area contributed by atoms with Gasteiger partial charge in [0.05, 0.1) is 10.6 Å². The fourth-order valence-corrected chi connectivity index (χ4v) is 2.47. The highest BCUT2D eigenvalue weighted by Gasteiger charge is 2.16. The molecule has 1 aromatic carbocycles. The van der Waals surface area contributed by atoms with Crippen LogP contribution in [0.4, 0.5) is 0 Å². The summed E-state index contributed by atoms with van der Waals surface area (Å²) in [5.41, 5.74) is 0.235. The number of aromatic nitrogens is 1. The number of amides is 2. The van der Waals surface area contributed by atoms with Gasteiger partial charge in [-0.3, -0.25) is 14.9 Å². The third kappa shape index (κ3) is 4.08. The highest BCUT2D eigenvalue weighted by atomic mass is 35.5. The molecule has 2 aromatic rings. The molecule has 2 amide bonds. The Morgan fingerprint density at radius 1 is 0.905 bits per heavy atom. The molecule has 108 valence electrons. The molecule has 1 N–H and O–H groups in total. The van der Waals surface area contributed by atoms with E-state index in [-0.39, 0.29) is 26.5 Å². The second kappa shape index (κ2) is 6.62.